The van der Waals surface area contributed by atoms with Gasteiger partial charge in [0, 0.05) is 43.1 Å². The Morgan fingerprint density at radius 1 is 1.05 bits per heavy atom. The molecule has 2 heterocycles. The predicted molar refractivity (Wildman–Crippen MR) is 155 cm³/mol. The molecule has 0 saturated carbocycles. The summed E-state index contributed by atoms with van der Waals surface area (Å²) in [5.41, 5.74) is 5.23. The van der Waals surface area contributed by atoms with Gasteiger partial charge in [0.1, 0.15) is 12.4 Å². The van der Waals surface area contributed by atoms with Gasteiger partial charge in [0.05, 0.1) is 0 Å². The molecule has 206 valence electrons. The Kier molecular flexibility index (Phi) is 9.61. The minimum absolute atomic E-state index is 0.275. The number of hydrogen-bond acceptors (Lipinski definition) is 6. The fourth-order valence-electron chi connectivity index (χ4n) is 5.15. The third-order valence-electron chi connectivity index (χ3n) is 7.46. The summed E-state index contributed by atoms with van der Waals surface area (Å²) in [5.74, 6) is 0.605. The van der Waals surface area contributed by atoms with Gasteiger partial charge in [0.15, 0.2) is 6.29 Å². The molecule has 1 amide bonds. The minimum atomic E-state index is -0.369. The number of benzene rings is 3. The Morgan fingerprint density at radius 3 is 2.69 bits per heavy atom. The molecule has 0 bridgehead atoms. The van der Waals surface area contributed by atoms with E-state index in [2.05, 4.69) is 46.9 Å². The maximum atomic E-state index is 12.5. The van der Waals surface area contributed by atoms with Gasteiger partial charge in [-0.25, -0.2) is 10.3 Å². The second kappa shape index (κ2) is 13.7. The first kappa shape index (κ1) is 27.3. The van der Waals surface area contributed by atoms with Crippen LogP contribution >= 0.6 is 0 Å². The fourth-order valence-corrected chi connectivity index (χ4v) is 5.15. The van der Waals surface area contributed by atoms with E-state index in [9.17, 15) is 4.79 Å². The molecule has 7 nitrogen and oxygen atoms in total. The minimum Gasteiger partial charge on any atom is -0.489 e. The molecular weight excluding hydrogens is 490 g/mol. The number of carbonyl (C=O) groups excluding carboxylic acids is 1. The molecule has 2 atom stereocenters. The number of fused-ring (bicyclic) bond motifs is 1. The van der Waals surface area contributed by atoms with E-state index in [1.54, 1.807) is 0 Å². The summed E-state index contributed by atoms with van der Waals surface area (Å²) in [6.07, 6.45) is 5.80. The third-order valence-corrected chi connectivity index (χ3v) is 7.46. The standard InChI is InChI=1S/C32H39N3O4/c1-2-35-18-17-28(22-35)33-21-25(23-38-30-11-7-9-26-8-3-4-10-29(26)30)20-24-13-15-27(16-14-24)32(36)34-39-31-12-5-6-19-37-31/h3-4,7-11,13-16,20,28,31,33H,2,5-6,12,17-19,21-23H2,1H3,(H,34,36)/b25-20-. The first-order valence-corrected chi connectivity index (χ1v) is 14.1. The lowest BCUT2D eigenvalue weighted by molar-refractivity contribution is -0.186. The monoisotopic (exact) mass is 529 g/mol. The molecule has 0 spiro atoms. The van der Waals surface area contributed by atoms with Crippen molar-refractivity contribution in [1.82, 2.24) is 15.7 Å². The molecule has 2 aliphatic rings. The van der Waals surface area contributed by atoms with Crippen molar-refractivity contribution in [2.75, 3.05) is 39.4 Å². The molecule has 3 aromatic carbocycles. The molecule has 2 unspecified atom stereocenters. The number of likely N-dealkylation sites (N-methyl/N-ethyl adjacent to an activating group) is 1. The largest absolute Gasteiger partial charge is 0.489 e. The molecule has 2 fully saturated rings. The fraction of sp³-hybridized carbons (Fsp3) is 0.406. The molecule has 2 aliphatic heterocycles. The highest BCUT2D eigenvalue weighted by Gasteiger charge is 2.21. The van der Waals surface area contributed by atoms with E-state index < -0.39 is 0 Å². The van der Waals surface area contributed by atoms with Gasteiger partial charge in [-0.3, -0.25) is 4.79 Å². The average Bonchev–Trinajstić information content (AvgIpc) is 3.46. The number of hydrogen-bond donors (Lipinski definition) is 2. The lowest BCUT2D eigenvalue weighted by atomic mass is 10.1. The van der Waals surface area contributed by atoms with Gasteiger partial charge >= 0.3 is 0 Å². The Balaban J connectivity index is 1.25. The third kappa shape index (κ3) is 7.67. The number of amides is 1. The van der Waals surface area contributed by atoms with E-state index in [-0.39, 0.29) is 12.2 Å². The SMILES string of the molecule is CCN1CCC(NC/C(=C/c2ccc(C(=O)NOC3CCCCO3)cc2)COc2cccc3ccccc23)C1. The molecule has 0 aromatic heterocycles. The van der Waals surface area contributed by atoms with E-state index in [1.807, 2.05) is 48.5 Å². The number of carbonyl (C=O) groups is 1. The van der Waals surface area contributed by atoms with Crippen molar-refractivity contribution in [2.45, 2.75) is 44.9 Å². The molecule has 0 aliphatic carbocycles. The smallest absolute Gasteiger partial charge is 0.274 e. The van der Waals surface area contributed by atoms with E-state index in [1.165, 1.54) is 0 Å². The number of hydroxylamine groups is 1. The van der Waals surface area contributed by atoms with Crippen molar-refractivity contribution in [1.29, 1.82) is 0 Å². The highest BCUT2D eigenvalue weighted by Crippen LogP contribution is 2.26. The maximum absolute atomic E-state index is 12.5. The van der Waals surface area contributed by atoms with Crippen molar-refractivity contribution in [3.63, 3.8) is 0 Å². The average molecular weight is 530 g/mol. The quantitative estimate of drug-likeness (QED) is 0.334. The summed E-state index contributed by atoms with van der Waals surface area (Å²) in [4.78, 5) is 20.5. The van der Waals surface area contributed by atoms with Gasteiger partial charge in [0.25, 0.3) is 5.91 Å². The van der Waals surface area contributed by atoms with Crippen LogP contribution in [0.3, 0.4) is 0 Å². The first-order chi connectivity index (χ1) is 19.2. The number of ether oxygens (including phenoxy) is 2. The Hall–Kier alpha value is -3.23. The summed E-state index contributed by atoms with van der Waals surface area (Å²) in [6, 6.07) is 22.5. The summed E-state index contributed by atoms with van der Waals surface area (Å²) in [6.45, 7) is 7.40. The highest BCUT2D eigenvalue weighted by molar-refractivity contribution is 5.93. The Morgan fingerprint density at radius 2 is 1.90 bits per heavy atom. The van der Waals surface area contributed by atoms with Crippen LogP contribution in [-0.2, 0) is 9.57 Å². The number of nitrogens with zero attached hydrogens (tertiary/aromatic N) is 1. The zero-order chi connectivity index (χ0) is 26.9. The second-order valence-corrected chi connectivity index (χ2v) is 10.3. The van der Waals surface area contributed by atoms with E-state index in [0.29, 0.717) is 24.8 Å². The number of nitrogens with one attached hydrogen (secondary N) is 2. The van der Waals surface area contributed by atoms with Gasteiger partial charge in [-0.2, -0.15) is 0 Å². The van der Waals surface area contributed by atoms with Crippen molar-refractivity contribution >= 4 is 22.8 Å². The van der Waals surface area contributed by atoms with Crippen LogP contribution in [0.1, 0.15) is 48.5 Å². The van der Waals surface area contributed by atoms with Crippen LogP contribution in [0, 0.1) is 0 Å². The van der Waals surface area contributed by atoms with E-state index in [4.69, 9.17) is 14.3 Å². The predicted octanol–water partition coefficient (Wildman–Crippen LogP) is 5.17. The molecule has 0 radical (unpaired) electrons. The molecule has 7 heteroatoms. The summed E-state index contributed by atoms with van der Waals surface area (Å²) in [7, 11) is 0. The van der Waals surface area contributed by atoms with E-state index >= 15 is 0 Å². The summed E-state index contributed by atoms with van der Waals surface area (Å²) < 4.78 is 11.9. The van der Waals surface area contributed by atoms with Crippen LogP contribution < -0.4 is 15.5 Å². The molecular formula is C32H39N3O4. The van der Waals surface area contributed by atoms with Gasteiger partial charge in [-0.05, 0) is 67.1 Å². The number of rotatable bonds is 11. The Labute approximate surface area is 231 Å². The second-order valence-electron chi connectivity index (χ2n) is 10.3. The summed E-state index contributed by atoms with van der Waals surface area (Å²) >= 11 is 0. The zero-order valence-corrected chi connectivity index (χ0v) is 22.7. The van der Waals surface area contributed by atoms with Crippen molar-refractivity contribution in [2.24, 2.45) is 0 Å². The summed E-state index contributed by atoms with van der Waals surface area (Å²) in [5, 5.41) is 6.01. The van der Waals surface area contributed by atoms with Crippen molar-refractivity contribution in [3.8, 4) is 5.75 Å². The van der Waals surface area contributed by atoms with E-state index in [0.717, 1.165) is 79.5 Å². The normalized spacial score (nSPS) is 20.3. The highest BCUT2D eigenvalue weighted by atomic mass is 16.8. The van der Waals surface area contributed by atoms with Crippen LogP contribution in [0.25, 0.3) is 16.8 Å². The van der Waals surface area contributed by atoms with Crippen LogP contribution in [-0.4, -0.2) is 62.5 Å². The first-order valence-electron chi connectivity index (χ1n) is 14.1. The van der Waals surface area contributed by atoms with Gasteiger partial charge in [-0.15, -0.1) is 0 Å². The van der Waals surface area contributed by atoms with Gasteiger partial charge < -0.3 is 19.7 Å². The van der Waals surface area contributed by atoms with Crippen molar-refractivity contribution in [3.05, 3.63) is 83.4 Å². The van der Waals surface area contributed by atoms with Gasteiger partial charge in [-0.1, -0.05) is 61.5 Å². The number of likely N-dealkylation sites (tertiary alicyclic amines) is 1. The maximum Gasteiger partial charge on any atom is 0.274 e. The van der Waals surface area contributed by atoms with Crippen molar-refractivity contribution < 1.29 is 19.1 Å². The lowest BCUT2D eigenvalue weighted by Gasteiger charge is -2.22. The molecule has 3 aromatic rings. The van der Waals surface area contributed by atoms with Gasteiger partial charge in [0.2, 0.25) is 0 Å². The molecule has 2 N–H and O–H groups in total. The lowest BCUT2D eigenvalue weighted by Crippen LogP contribution is -2.34. The van der Waals surface area contributed by atoms with Crippen LogP contribution in [0.2, 0.25) is 0 Å². The van der Waals surface area contributed by atoms with Crippen LogP contribution in [0.5, 0.6) is 5.75 Å². The zero-order valence-electron chi connectivity index (χ0n) is 22.7. The molecule has 5 rings (SSSR count). The molecule has 2 saturated heterocycles. The Bertz CT molecular complexity index is 1250. The van der Waals surface area contributed by atoms with Crippen LogP contribution in [0.15, 0.2) is 72.3 Å². The topological polar surface area (TPSA) is 72.1 Å². The van der Waals surface area contributed by atoms with Crippen LogP contribution in [0.4, 0.5) is 0 Å². The molecule has 39 heavy (non-hydrogen) atoms.